The Morgan fingerprint density at radius 2 is 1.35 bits per heavy atom. The van der Waals surface area contributed by atoms with Crippen LogP contribution in [0, 0.1) is 0 Å². The summed E-state index contributed by atoms with van der Waals surface area (Å²) >= 11 is -5.21. The van der Waals surface area contributed by atoms with Gasteiger partial charge in [0.15, 0.2) is 0 Å². The van der Waals surface area contributed by atoms with Gasteiger partial charge in [-0.3, -0.25) is 4.98 Å². The van der Waals surface area contributed by atoms with E-state index >= 15 is 0 Å². The minimum atomic E-state index is -6.06. The van der Waals surface area contributed by atoms with E-state index < -0.39 is 40.8 Å². The van der Waals surface area contributed by atoms with Gasteiger partial charge in [0.25, 0.3) is 9.57 Å². The number of alkyl halides is 8. The van der Waals surface area contributed by atoms with Crippen molar-refractivity contribution in [1.82, 2.24) is 4.98 Å². The van der Waals surface area contributed by atoms with Crippen molar-refractivity contribution in [3.8, 4) is 0 Å². The SMILES string of the molecule is F[C]1(F)[Al]([CH2]c2ccccn2)[C](F)(F)C(F)(F)C1(F)F. The molecule has 1 aliphatic heterocycles. The zero-order valence-corrected chi connectivity index (χ0v) is 10.7. The van der Waals surface area contributed by atoms with Gasteiger partial charge in [0.1, 0.15) is 0 Å². The summed E-state index contributed by atoms with van der Waals surface area (Å²) in [6, 6.07) is 3.66. The number of aromatic nitrogens is 1. The minimum Gasteiger partial charge on any atom is -0.263 e. The Balaban J connectivity index is 2.47. The Morgan fingerprint density at radius 3 is 1.75 bits per heavy atom. The number of hydrogen-bond donors (Lipinski definition) is 0. The van der Waals surface area contributed by atoms with Gasteiger partial charge in [-0.1, -0.05) is 6.07 Å². The average molecular weight is 319 g/mol. The van der Waals surface area contributed by atoms with Crippen molar-refractivity contribution in [2.75, 3.05) is 0 Å². The normalized spacial score (nSPS) is 25.7. The van der Waals surface area contributed by atoms with Gasteiger partial charge in [0.2, 0.25) is 0 Å². The second-order valence-corrected chi connectivity index (χ2v) is 7.44. The highest BCUT2D eigenvalue weighted by Crippen LogP contribution is 2.62. The summed E-state index contributed by atoms with van der Waals surface area (Å²) in [5.41, 5.74) is -0.336. The van der Waals surface area contributed by atoms with Gasteiger partial charge in [-0.2, -0.15) is 17.6 Å². The lowest BCUT2D eigenvalue weighted by atomic mass is 10.2. The highest BCUT2D eigenvalue weighted by Gasteiger charge is 2.94. The van der Waals surface area contributed by atoms with E-state index in [-0.39, 0.29) is 5.69 Å². The molecule has 0 saturated carbocycles. The molecular weight excluding hydrogens is 313 g/mol. The van der Waals surface area contributed by atoms with Gasteiger partial charge < -0.3 is 0 Å². The summed E-state index contributed by atoms with van der Waals surface area (Å²) in [6.45, 7) is 0. The Labute approximate surface area is 112 Å². The summed E-state index contributed by atoms with van der Waals surface area (Å²) in [5, 5.41) is -1.24. The molecule has 1 aromatic heterocycles. The van der Waals surface area contributed by atoms with Crippen LogP contribution in [0.1, 0.15) is 5.69 Å². The molecule has 0 bridgehead atoms. The van der Waals surface area contributed by atoms with E-state index in [1.54, 1.807) is 0 Å². The van der Waals surface area contributed by atoms with E-state index in [1.165, 1.54) is 12.1 Å². The van der Waals surface area contributed by atoms with Crippen LogP contribution in [-0.2, 0) is 5.28 Å². The predicted molar refractivity (Wildman–Crippen MR) is 53.5 cm³/mol. The molecule has 1 aliphatic rings. The molecule has 1 nitrogen and oxygen atoms in total. The van der Waals surface area contributed by atoms with Crippen LogP contribution in [0.5, 0.6) is 0 Å². The van der Waals surface area contributed by atoms with E-state index in [2.05, 4.69) is 4.98 Å². The molecule has 1 saturated heterocycles. The molecule has 0 radical (unpaired) electrons. The third-order valence-electron chi connectivity index (χ3n) is 3.25. The molecular formula is C10H6AlF8N. The van der Waals surface area contributed by atoms with Crippen molar-refractivity contribution in [1.29, 1.82) is 0 Å². The molecule has 1 fully saturated rings. The van der Waals surface area contributed by atoms with Crippen molar-refractivity contribution in [3.05, 3.63) is 30.1 Å². The molecule has 0 N–H and O–H groups in total. The van der Waals surface area contributed by atoms with Crippen LogP contribution in [0.25, 0.3) is 0 Å². The largest absolute Gasteiger partial charge is 0.505 e. The van der Waals surface area contributed by atoms with Crippen LogP contribution in [0.2, 0.25) is 0 Å². The van der Waals surface area contributed by atoms with Crippen LogP contribution in [0.4, 0.5) is 35.1 Å². The quantitative estimate of drug-likeness (QED) is 0.602. The van der Waals surface area contributed by atoms with E-state index in [0.29, 0.717) is 0 Å². The number of nitrogens with zero attached hydrogens (tertiary/aromatic N) is 1. The monoisotopic (exact) mass is 319 g/mol. The summed E-state index contributed by atoms with van der Waals surface area (Å²) in [5.74, 6) is -12.1. The number of pyridine rings is 1. The highest BCUT2D eigenvalue weighted by atomic mass is 27.2. The molecule has 2 heterocycles. The fourth-order valence-corrected chi connectivity index (χ4v) is 4.93. The first kappa shape index (κ1) is 15.5. The molecule has 0 amide bonds. The van der Waals surface area contributed by atoms with Gasteiger partial charge in [0, 0.05) is 11.9 Å². The molecule has 0 aromatic carbocycles. The average Bonchev–Trinajstić information content (AvgIpc) is 2.41. The van der Waals surface area contributed by atoms with Crippen molar-refractivity contribution < 1.29 is 35.1 Å². The highest BCUT2D eigenvalue weighted by molar-refractivity contribution is 6.65. The lowest BCUT2D eigenvalue weighted by Crippen LogP contribution is -2.51. The first-order valence-electron chi connectivity index (χ1n) is 5.37. The van der Waals surface area contributed by atoms with E-state index in [1.807, 2.05) is 0 Å². The van der Waals surface area contributed by atoms with Crippen molar-refractivity contribution in [2.45, 2.75) is 26.7 Å². The topological polar surface area (TPSA) is 12.9 Å². The van der Waals surface area contributed by atoms with Gasteiger partial charge in [-0.05, 0) is 17.4 Å². The lowest BCUT2D eigenvalue weighted by Gasteiger charge is -2.26. The van der Waals surface area contributed by atoms with E-state index in [0.717, 1.165) is 12.3 Å². The summed E-state index contributed by atoms with van der Waals surface area (Å²) in [6.07, 6.45) is 1.07. The van der Waals surface area contributed by atoms with Gasteiger partial charge in [-0.15, -0.1) is 0 Å². The predicted octanol–water partition coefficient (Wildman–Crippen LogP) is 3.29. The van der Waals surface area contributed by atoms with Gasteiger partial charge in [0.05, 0.1) is 0 Å². The Bertz CT molecular complexity index is 477. The maximum Gasteiger partial charge on any atom is 0.505 e. The Morgan fingerprint density at radius 1 is 0.850 bits per heavy atom. The van der Waals surface area contributed by atoms with Crippen LogP contribution >= 0.6 is 0 Å². The molecule has 2 rings (SSSR count). The van der Waals surface area contributed by atoms with E-state index in [9.17, 15) is 35.1 Å². The zero-order valence-electron chi connectivity index (χ0n) is 9.56. The molecule has 1 aromatic rings. The Kier molecular flexibility index (Phi) is 3.34. The fraction of sp³-hybridized carbons (Fsp3) is 0.500. The first-order valence-corrected chi connectivity index (χ1v) is 7.34. The molecule has 0 spiro atoms. The molecule has 10 heteroatoms. The smallest absolute Gasteiger partial charge is 0.263 e. The molecule has 0 unspecified atom stereocenters. The summed E-state index contributed by atoms with van der Waals surface area (Å²) in [4.78, 5) is -7.36. The second-order valence-electron chi connectivity index (χ2n) is 4.47. The third kappa shape index (κ3) is 1.77. The third-order valence-corrected chi connectivity index (χ3v) is 6.55. The van der Waals surface area contributed by atoms with Crippen LogP contribution < -0.4 is 0 Å². The van der Waals surface area contributed by atoms with Crippen LogP contribution in [0.3, 0.4) is 0 Å². The summed E-state index contributed by atoms with van der Waals surface area (Å²) in [7, 11) is 0. The molecule has 110 valence electrons. The summed E-state index contributed by atoms with van der Waals surface area (Å²) < 4.78 is 105. The minimum absolute atomic E-state index is 0.336. The standard InChI is InChI=1S/C6H6N.C4F8.Al/c1-6-4-2-3-5-7-6;5-1(6)3(9,10)4(11,12)2(7)8;/h2-5H,1H2;;. The molecule has 0 aliphatic carbocycles. The van der Waals surface area contributed by atoms with Gasteiger partial charge in [-0.25, -0.2) is 17.6 Å². The van der Waals surface area contributed by atoms with Crippen molar-refractivity contribution >= 4 is 14.1 Å². The second kappa shape index (κ2) is 4.31. The number of rotatable bonds is 2. The van der Waals surface area contributed by atoms with Gasteiger partial charge >= 0.3 is 26.0 Å². The maximum absolute atomic E-state index is 13.4. The van der Waals surface area contributed by atoms with Crippen molar-refractivity contribution in [2.24, 2.45) is 0 Å². The molecule has 0 atom stereocenters. The molecule has 20 heavy (non-hydrogen) atoms. The van der Waals surface area contributed by atoms with Crippen LogP contribution in [0.15, 0.2) is 24.4 Å². The number of halogens is 8. The maximum atomic E-state index is 13.4. The van der Waals surface area contributed by atoms with Crippen LogP contribution in [-0.4, -0.2) is 40.5 Å². The first-order chi connectivity index (χ1) is 8.96. The zero-order chi connectivity index (χ0) is 15.4. The lowest BCUT2D eigenvalue weighted by molar-refractivity contribution is -0.303. The Hall–Kier alpha value is -0.878. The number of hydrogen-bond acceptors (Lipinski definition) is 1. The van der Waals surface area contributed by atoms with Crippen molar-refractivity contribution in [3.63, 3.8) is 0 Å². The van der Waals surface area contributed by atoms with E-state index in [4.69, 9.17) is 0 Å². The fourth-order valence-electron chi connectivity index (χ4n) is 2.07.